The van der Waals surface area contributed by atoms with Gasteiger partial charge in [0.1, 0.15) is 11.8 Å². The third-order valence-corrected chi connectivity index (χ3v) is 11.4. The number of fused-ring (bicyclic) bond motifs is 5. The third-order valence-electron chi connectivity index (χ3n) is 11.4. The molecule has 4 aliphatic carbocycles. The molecule has 1 heterocycles. The lowest BCUT2D eigenvalue weighted by Crippen LogP contribution is -2.53. The Kier molecular flexibility index (Phi) is 7.72. The Labute approximate surface area is 211 Å². The number of carboxylic acids is 2. The van der Waals surface area contributed by atoms with Crippen molar-refractivity contribution in [1.29, 1.82) is 0 Å². The maximum Gasteiger partial charge on any atom is 0.320 e. The summed E-state index contributed by atoms with van der Waals surface area (Å²) in [5, 5.41) is 17.1. The van der Waals surface area contributed by atoms with Crippen molar-refractivity contribution < 1.29 is 24.6 Å². The number of rotatable bonds is 4. The van der Waals surface area contributed by atoms with Gasteiger partial charge in [0.05, 0.1) is 6.54 Å². The summed E-state index contributed by atoms with van der Waals surface area (Å²) in [5.74, 6) is 3.61. The fourth-order valence-corrected chi connectivity index (χ4v) is 9.61. The number of Topliss-reactive ketones (excluding diaryl/α,β-unsaturated/α-hetero) is 1. The van der Waals surface area contributed by atoms with Crippen molar-refractivity contribution >= 4 is 17.7 Å². The quantitative estimate of drug-likeness (QED) is 0.542. The zero-order valence-corrected chi connectivity index (χ0v) is 22.3. The Morgan fingerprint density at radius 2 is 1.57 bits per heavy atom. The zero-order chi connectivity index (χ0) is 25.5. The van der Waals surface area contributed by atoms with Gasteiger partial charge in [0.2, 0.25) is 0 Å². The third kappa shape index (κ3) is 4.93. The number of likely N-dealkylation sites (tertiary alicyclic amines) is 1. The molecular formula is C29H47NO5. The van der Waals surface area contributed by atoms with Crippen molar-refractivity contribution in [2.24, 2.45) is 46.3 Å². The van der Waals surface area contributed by atoms with Gasteiger partial charge < -0.3 is 10.2 Å². The summed E-state index contributed by atoms with van der Waals surface area (Å²) in [6.45, 7) is 9.86. The number of hydrogen-bond donors (Lipinski definition) is 2. The largest absolute Gasteiger partial charge is 0.480 e. The lowest BCUT2D eigenvalue weighted by atomic mass is 9.44. The molecule has 0 aromatic heterocycles. The van der Waals surface area contributed by atoms with E-state index in [-0.39, 0.29) is 6.54 Å². The van der Waals surface area contributed by atoms with Crippen LogP contribution < -0.4 is 0 Å². The van der Waals surface area contributed by atoms with E-state index in [0.29, 0.717) is 35.5 Å². The molecule has 6 nitrogen and oxygen atoms in total. The first-order valence-corrected chi connectivity index (χ1v) is 14.2. The van der Waals surface area contributed by atoms with Gasteiger partial charge in [-0.1, -0.05) is 27.2 Å². The highest BCUT2D eigenvalue weighted by molar-refractivity contribution is 5.79. The van der Waals surface area contributed by atoms with E-state index in [1.54, 1.807) is 0 Å². The summed E-state index contributed by atoms with van der Waals surface area (Å²) in [7, 11) is 0. The van der Waals surface area contributed by atoms with E-state index in [0.717, 1.165) is 36.0 Å². The van der Waals surface area contributed by atoms with Gasteiger partial charge in [0.25, 0.3) is 0 Å². The van der Waals surface area contributed by atoms with Crippen LogP contribution in [0.5, 0.6) is 0 Å². The van der Waals surface area contributed by atoms with E-state index in [2.05, 4.69) is 20.8 Å². The molecule has 5 fully saturated rings. The monoisotopic (exact) mass is 489 g/mol. The summed E-state index contributed by atoms with van der Waals surface area (Å²) < 4.78 is 0. The standard InChI is InChI=1S/C22H36O.C7H11NO4/c1-14-9-11-21(3)16(13-14)5-6-17-19-8-7-18(15(2)23)22(19,4)12-10-20(17)21;9-6(10)4-8-3-1-2-5(8)7(11)12/h14,16-20H,5-13H2,1-4H3;5H,1-4H2,(H,9,10)(H,11,12). The van der Waals surface area contributed by atoms with Gasteiger partial charge in [-0.15, -0.1) is 0 Å². The molecule has 2 N–H and O–H groups in total. The molecule has 0 amide bonds. The van der Waals surface area contributed by atoms with Gasteiger partial charge in [-0.25, -0.2) is 0 Å². The predicted molar refractivity (Wildman–Crippen MR) is 135 cm³/mol. The van der Waals surface area contributed by atoms with Crippen molar-refractivity contribution in [3.63, 3.8) is 0 Å². The normalized spacial score (nSPS) is 44.9. The van der Waals surface area contributed by atoms with Crippen LogP contribution in [-0.2, 0) is 14.4 Å². The number of carbonyl (C=O) groups excluding carboxylic acids is 1. The van der Waals surface area contributed by atoms with Crippen LogP contribution in [0.4, 0.5) is 0 Å². The molecule has 1 aliphatic heterocycles. The van der Waals surface area contributed by atoms with Gasteiger partial charge in [-0.3, -0.25) is 19.3 Å². The van der Waals surface area contributed by atoms with Crippen LogP contribution in [0.25, 0.3) is 0 Å². The van der Waals surface area contributed by atoms with Gasteiger partial charge in [0, 0.05) is 5.92 Å². The van der Waals surface area contributed by atoms with Gasteiger partial charge in [-0.05, 0) is 118 Å². The number of aliphatic carboxylic acids is 2. The second-order valence-corrected chi connectivity index (χ2v) is 13.2. The van der Waals surface area contributed by atoms with Gasteiger partial charge in [0.15, 0.2) is 0 Å². The predicted octanol–water partition coefficient (Wildman–Crippen LogP) is 5.49. The van der Waals surface area contributed by atoms with E-state index in [1.165, 1.54) is 62.7 Å². The van der Waals surface area contributed by atoms with Crippen LogP contribution in [0.15, 0.2) is 0 Å². The minimum absolute atomic E-state index is 0.170. The molecule has 0 aromatic carbocycles. The Balaban J connectivity index is 0.000000204. The molecule has 4 saturated carbocycles. The number of hydrogen-bond acceptors (Lipinski definition) is 4. The molecule has 0 bridgehead atoms. The molecular weight excluding hydrogens is 442 g/mol. The molecule has 5 rings (SSSR count). The molecule has 0 spiro atoms. The number of nitrogens with zero attached hydrogens (tertiary/aromatic N) is 1. The van der Waals surface area contributed by atoms with Crippen LogP contribution in [0.1, 0.15) is 98.3 Å². The molecule has 0 radical (unpaired) electrons. The second kappa shape index (κ2) is 10.1. The van der Waals surface area contributed by atoms with Gasteiger partial charge >= 0.3 is 11.9 Å². The lowest BCUT2D eigenvalue weighted by molar-refractivity contribution is -0.144. The van der Waals surface area contributed by atoms with Crippen molar-refractivity contribution in [2.75, 3.05) is 13.1 Å². The second-order valence-electron chi connectivity index (χ2n) is 13.2. The average Bonchev–Trinajstić information content (AvgIpc) is 3.38. The first kappa shape index (κ1) is 26.6. The van der Waals surface area contributed by atoms with Crippen molar-refractivity contribution in [2.45, 2.75) is 104 Å². The summed E-state index contributed by atoms with van der Waals surface area (Å²) in [6.07, 6.45) is 13.9. The topological polar surface area (TPSA) is 94.9 Å². The fraction of sp³-hybridized carbons (Fsp3) is 0.897. The average molecular weight is 490 g/mol. The maximum absolute atomic E-state index is 12.2. The van der Waals surface area contributed by atoms with Crippen LogP contribution in [0, 0.1) is 46.3 Å². The minimum Gasteiger partial charge on any atom is -0.480 e. The fourth-order valence-electron chi connectivity index (χ4n) is 9.61. The first-order valence-electron chi connectivity index (χ1n) is 14.2. The Morgan fingerprint density at radius 3 is 2.23 bits per heavy atom. The summed E-state index contributed by atoms with van der Waals surface area (Å²) in [4.78, 5) is 34.5. The van der Waals surface area contributed by atoms with Crippen molar-refractivity contribution in [3.05, 3.63) is 0 Å². The van der Waals surface area contributed by atoms with E-state index >= 15 is 0 Å². The highest BCUT2D eigenvalue weighted by Gasteiger charge is 2.60. The first-order chi connectivity index (χ1) is 16.5. The van der Waals surface area contributed by atoms with Gasteiger partial charge in [-0.2, -0.15) is 0 Å². The smallest absolute Gasteiger partial charge is 0.320 e. The van der Waals surface area contributed by atoms with E-state index < -0.39 is 18.0 Å². The molecule has 1 saturated heterocycles. The lowest BCUT2D eigenvalue weighted by Gasteiger charge is -2.61. The summed E-state index contributed by atoms with van der Waals surface area (Å²) >= 11 is 0. The number of carboxylic acid groups (broad SMARTS) is 2. The molecule has 5 aliphatic rings. The molecule has 198 valence electrons. The van der Waals surface area contributed by atoms with E-state index in [4.69, 9.17) is 10.2 Å². The van der Waals surface area contributed by atoms with Crippen molar-refractivity contribution in [3.8, 4) is 0 Å². The summed E-state index contributed by atoms with van der Waals surface area (Å²) in [5.41, 5.74) is 0.948. The zero-order valence-electron chi connectivity index (χ0n) is 22.3. The van der Waals surface area contributed by atoms with Crippen LogP contribution in [0.3, 0.4) is 0 Å². The van der Waals surface area contributed by atoms with Crippen LogP contribution in [0.2, 0.25) is 0 Å². The SMILES string of the molecule is CC(=O)C1CCC2C3CCC4CC(C)CCC4(C)C3CCC12C.O=C(O)CN1CCCC1C(=O)O. The number of ketones is 1. The van der Waals surface area contributed by atoms with Crippen LogP contribution >= 0.6 is 0 Å². The molecule has 35 heavy (non-hydrogen) atoms. The molecule has 0 aromatic rings. The Morgan fingerprint density at radius 1 is 0.886 bits per heavy atom. The molecule has 6 heteroatoms. The molecule has 9 atom stereocenters. The highest BCUT2D eigenvalue weighted by Crippen LogP contribution is 2.67. The van der Waals surface area contributed by atoms with Crippen molar-refractivity contribution in [1.82, 2.24) is 4.90 Å². The van der Waals surface area contributed by atoms with E-state index in [9.17, 15) is 14.4 Å². The summed E-state index contributed by atoms with van der Waals surface area (Å²) in [6, 6.07) is -0.596. The number of carbonyl (C=O) groups is 3. The molecule has 9 unspecified atom stereocenters. The highest BCUT2D eigenvalue weighted by atomic mass is 16.4. The van der Waals surface area contributed by atoms with Crippen LogP contribution in [-0.4, -0.2) is 52.0 Å². The Hall–Kier alpha value is -1.43. The Bertz CT molecular complexity index is 828. The maximum atomic E-state index is 12.2. The van der Waals surface area contributed by atoms with E-state index in [1.807, 2.05) is 6.92 Å². The minimum atomic E-state index is -0.969.